The van der Waals surface area contributed by atoms with Gasteiger partial charge in [0.15, 0.2) is 0 Å². The molecule has 0 fully saturated rings. The highest BCUT2D eigenvalue weighted by molar-refractivity contribution is 7.09. The molecule has 0 bridgehead atoms. The molecule has 0 spiro atoms. The van der Waals surface area contributed by atoms with Crippen LogP contribution in [-0.4, -0.2) is 0 Å². The normalized spacial score (nSPS) is 12.4. The van der Waals surface area contributed by atoms with E-state index in [0.717, 1.165) is 0 Å². The Labute approximate surface area is 59.2 Å². The minimum atomic E-state index is 1.18. The highest BCUT2D eigenvalue weighted by Gasteiger charge is 1.86. The van der Waals surface area contributed by atoms with Crippen molar-refractivity contribution in [1.29, 1.82) is 0 Å². The fourth-order valence-corrected chi connectivity index (χ4v) is 1.70. The minimum absolute atomic E-state index is 1.18. The summed E-state index contributed by atoms with van der Waals surface area (Å²) in [5.41, 5.74) is 0. The predicted molar refractivity (Wildman–Crippen MR) is 44.0 cm³/mol. The van der Waals surface area contributed by atoms with Crippen LogP contribution in [-0.2, 0) is 0 Å². The van der Waals surface area contributed by atoms with E-state index >= 15 is 0 Å². The van der Waals surface area contributed by atoms with Crippen molar-refractivity contribution in [2.45, 2.75) is 13.8 Å². The van der Waals surface area contributed by atoms with E-state index < -0.39 is 0 Å². The van der Waals surface area contributed by atoms with Crippen molar-refractivity contribution < 1.29 is 0 Å². The van der Waals surface area contributed by atoms with Gasteiger partial charge in [0, 0.05) is 9.41 Å². The summed E-state index contributed by atoms with van der Waals surface area (Å²) in [7, 11) is 0. The first-order chi connectivity index (χ1) is 4.24. The van der Waals surface area contributed by atoms with Gasteiger partial charge < -0.3 is 0 Å². The lowest BCUT2D eigenvalue weighted by atomic mass is 10.4. The summed E-state index contributed by atoms with van der Waals surface area (Å²) < 4.78 is 1.18. The second-order valence-corrected chi connectivity index (χ2v) is 3.37. The maximum atomic E-state index is 3.90. The molecule has 0 N–H and O–H groups in total. The zero-order chi connectivity index (χ0) is 6.85. The highest BCUT2D eigenvalue weighted by atomic mass is 32.1. The van der Waals surface area contributed by atoms with Gasteiger partial charge in [-0.05, 0) is 25.1 Å². The Bertz CT molecular complexity index is 293. The lowest BCUT2D eigenvalue weighted by Gasteiger charge is -1.67. The van der Waals surface area contributed by atoms with Crippen molar-refractivity contribution in [2.24, 2.45) is 0 Å². The Kier molecular flexibility index (Phi) is 1.72. The average molecular weight is 138 g/mol. The molecule has 0 aliphatic heterocycles. The zero-order valence-electron chi connectivity index (χ0n) is 5.77. The van der Waals surface area contributed by atoms with Crippen LogP contribution in [0.15, 0.2) is 6.07 Å². The molecule has 9 heavy (non-hydrogen) atoms. The fraction of sp³-hybridized carbons (Fsp3) is 0.250. The second kappa shape index (κ2) is 2.36. The zero-order valence-corrected chi connectivity index (χ0v) is 6.59. The van der Waals surface area contributed by atoms with E-state index in [1.165, 1.54) is 14.6 Å². The summed E-state index contributed by atoms with van der Waals surface area (Å²) in [6, 6.07) is 2.16. The van der Waals surface area contributed by atoms with Crippen LogP contribution in [0.5, 0.6) is 0 Å². The molecule has 0 atom stereocenters. The molecule has 0 saturated carbocycles. The van der Waals surface area contributed by atoms with E-state index in [1.807, 2.05) is 6.92 Å². The molecule has 0 amide bonds. The number of hydrogen-bond donors (Lipinski definition) is 0. The van der Waals surface area contributed by atoms with Crippen LogP contribution in [0.1, 0.15) is 11.8 Å². The summed E-state index contributed by atoms with van der Waals surface area (Å²) in [5, 5.41) is 1.28. The molecule has 0 unspecified atom stereocenters. The van der Waals surface area contributed by atoms with Crippen LogP contribution in [0, 0.1) is 6.92 Å². The Morgan fingerprint density at radius 1 is 1.67 bits per heavy atom. The SMILES string of the molecule is C=c1sc(C)c/c1=C/C. The predicted octanol–water partition coefficient (Wildman–Crippen LogP) is 1.27. The molecular formula is C8H10S. The molecule has 0 aliphatic carbocycles. The third-order valence-electron chi connectivity index (χ3n) is 1.28. The van der Waals surface area contributed by atoms with Crippen molar-refractivity contribution in [3.8, 4) is 0 Å². The number of aryl methyl sites for hydroxylation is 1. The molecule has 1 aromatic heterocycles. The van der Waals surface area contributed by atoms with E-state index in [0.29, 0.717) is 0 Å². The summed E-state index contributed by atoms with van der Waals surface area (Å²) in [6.07, 6.45) is 2.09. The van der Waals surface area contributed by atoms with Crippen molar-refractivity contribution >= 4 is 24.0 Å². The van der Waals surface area contributed by atoms with Gasteiger partial charge in [0.2, 0.25) is 0 Å². The summed E-state index contributed by atoms with van der Waals surface area (Å²) >= 11 is 1.75. The van der Waals surface area contributed by atoms with E-state index in [-0.39, 0.29) is 0 Å². The molecule has 0 radical (unpaired) electrons. The summed E-state index contributed by atoms with van der Waals surface area (Å²) in [5.74, 6) is 0. The van der Waals surface area contributed by atoms with E-state index in [4.69, 9.17) is 0 Å². The molecule has 1 rings (SSSR count). The van der Waals surface area contributed by atoms with Crippen LogP contribution >= 0.6 is 11.3 Å². The first kappa shape index (κ1) is 6.56. The van der Waals surface area contributed by atoms with Crippen molar-refractivity contribution in [3.05, 3.63) is 20.7 Å². The molecule has 48 valence electrons. The topological polar surface area (TPSA) is 0 Å². The maximum Gasteiger partial charge on any atom is 0.0270 e. The second-order valence-electron chi connectivity index (χ2n) is 2.02. The number of rotatable bonds is 0. The van der Waals surface area contributed by atoms with Gasteiger partial charge in [0.05, 0.1) is 0 Å². The van der Waals surface area contributed by atoms with Gasteiger partial charge in [-0.1, -0.05) is 12.7 Å². The molecule has 0 aliphatic rings. The standard InChI is InChI=1S/C8H10S/c1-4-8-5-6(2)9-7(8)3/h4-5H,3H2,1-2H3/b8-4-. The lowest BCUT2D eigenvalue weighted by Crippen LogP contribution is -2.14. The monoisotopic (exact) mass is 138 g/mol. The molecule has 1 heterocycles. The minimum Gasteiger partial charge on any atom is -0.141 e. The van der Waals surface area contributed by atoms with Gasteiger partial charge >= 0.3 is 0 Å². The third-order valence-corrected chi connectivity index (χ3v) is 2.20. The van der Waals surface area contributed by atoms with E-state index in [2.05, 4.69) is 25.6 Å². The van der Waals surface area contributed by atoms with E-state index in [1.54, 1.807) is 11.3 Å². The van der Waals surface area contributed by atoms with Crippen molar-refractivity contribution in [3.63, 3.8) is 0 Å². The van der Waals surface area contributed by atoms with Crippen LogP contribution in [0.4, 0.5) is 0 Å². The Morgan fingerprint density at radius 2 is 2.33 bits per heavy atom. The van der Waals surface area contributed by atoms with Gasteiger partial charge in [0.25, 0.3) is 0 Å². The van der Waals surface area contributed by atoms with Gasteiger partial charge in [-0.2, -0.15) is 0 Å². The number of thiophene rings is 1. The third kappa shape index (κ3) is 1.22. The van der Waals surface area contributed by atoms with E-state index in [9.17, 15) is 0 Å². The average Bonchev–Trinajstić information content (AvgIpc) is 2.10. The molecule has 1 aromatic rings. The Balaban J connectivity index is 3.52. The van der Waals surface area contributed by atoms with Gasteiger partial charge in [-0.25, -0.2) is 0 Å². The molecule has 1 heteroatoms. The first-order valence-electron chi connectivity index (χ1n) is 2.96. The summed E-state index contributed by atoms with van der Waals surface area (Å²) in [6.45, 7) is 8.04. The number of hydrogen-bond acceptors (Lipinski definition) is 1. The summed E-state index contributed by atoms with van der Waals surface area (Å²) in [4.78, 5) is 1.34. The Hall–Kier alpha value is -0.560. The van der Waals surface area contributed by atoms with Crippen molar-refractivity contribution in [1.82, 2.24) is 0 Å². The van der Waals surface area contributed by atoms with Crippen LogP contribution < -0.4 is 9.75 Å². The van der Waals surface area contributed by atoms with Crippen LogP contribution in [0.2, 0.25) is 0 Å². The van der Waals surface area contributed by atoms with Gasteiger partial charge in [0.1, 0.15) is 0 Å². The highest BCUT2D eigenvalue weighted by Crippen LogP contribution is 1.93. The van der Waals surface area contributed by atoms with Gasteiger partial charge in [-0.3, -0.25) is 0 Å². The van der Waals surface area contributed by atoms with Crippen LogP contribution in [0.25, 0.3) is 12.7 Å². The smallest absolute Gasteiger partial charge is 0.0270 e. The molecule has 0 aromatic carbocycles. The fourth-order valence-electron chi connectivity index (χ4n) is 0.827. The van der Waals surface area contributed by atoms with Crippen molar-refractivity contribution in [2.75, 3.05) is 0 Å². The lowest BCUT2D eigenvalue weighted by molar-refractivity contribution is 1.59. The van der Waals surface area contributed by atoms with Crippen LogP contribution in [0.3, 0.4) is 0 Å². The Morgan fingerprint density at radius 3 is 2.56 bits per heavy atom. The quantitative estimate of drug-likeness (QED) is 0.506. The molecule has 0 nitrogen and oxygen atoms in total. The molecular weight excluding hydrogens is 128 g/mol. The maximum absolute atomic E-state index is 3.90. The largest absolute Gasteiger partial charge is 0.141 e. The van der Waals surface area contributed by atoms with Gasteiger partial charge in [-0.15, -0.1) is 11.3 Å². The first-order valence-corrected chi connectivity index (χ1v) is 3.77. The molecule has 0 saturated heterocycles.